The second-order valence-electron chi connectivity index (χ2n) is 8.40. The quantitative estimate of drug-likeness (QED) is 0.422. The fraction of sp³-hybridized carbons (Fsp3) is 0.310. The van der Waals surface area contributed by atoms with Gasteiger partial charge in [-0.05, 0) is 48.6 Å². The van der Waals surface area contributed by atoms with Gasteiger partial charge in [0.05, 0.1) is 14.2 Å². The van der Waals surface area contributed by atoms with E-state index in [4.69, 9.17) is 9.47 Å². The SMILES string of the molecule is COc1ccc(CCNC(=O)[C@@H](C)N(Cc2ccccc2)C(=O)CCc2ccccc2)cc1OC. The first-order valence-corrected chi connectivity index (χ1v) is 11.9. The molecule has 3 rings (SSSR count). The molecule has 0 saturated carbocycles. The van der Waals surface area contributed by atoms with Crippen LogP contribution in [0, 0.1) is 0 Å². The van der Waals surface area contributed by atoms with E-state index in [1.54, 1.807) is 26.0 Å². The van der Waals surface area contributed by atoms with Gasteiger partial charge in [0.1, 0.15) is 6.04 Å². The summed E-state index contributed by atoms with van der Waals surface area (Å²) < 4.78 is 10.6. The van der Waals surface area contributed by atoms with Crippen LogP contribution in [0.5, 0.6) is 11.5 Å². The number of hydrogen-bond acceptors (Lipinski definition) is 4. The number of aryl methyl sites for hydroxylation is 1. The summed E-state index contributed by atoms with van der Waals surface area (Å²) in [5.41, 5.74) is 3.12. The van der Waals surface area contributed by atoms with Gasteiger partial charge in [-0.1, -0.05) is 66.7 Å². The summed E-state index contributed by atoms with van der Waals surface area (Å²) in [6.45, 7) is 2.63. The van der Waals surface area contributed by atoms with Crippen LogP contribution in [0.4, 0.5) is 0 Å². The number of carbonyl (C=O) groups excluding carboxylic acids is 2. The lowest BCUT2D eigenvalue weighted by molar-refractivity contribution is -0.140. The molecular weight excluding hydrogens is 440 g/mol. The van der Waals surface area contributed by atoms with Gasteiger partial charge in [-0.25, -0.2) is 0 Å². The van der Waals surface area contributed by atoms with Crippen LogP contribution in [0.2, 0.25) is 0 Å². The Morgan fingerprint density at radius 3 is 2.06 bits per heavy atom. The first kappa shape index (κ1) is 25.8. The smallest absolute Gasteiger partial charge is 0.242 e. The number of nitrogens with one attached hydrogen (secondary N) is 1. The maximum Gasteiger partial charge on any atom is 0.242 e. The molecule has 3 aromatic rings. The van der Waals surface area contributed by atoms with Gasteiger partial charge in [-0.2, -0.15) is 0 Å². The largest absolute Gasteiger partial charge is 0.493 e. The van der Waals surface area contributed by atoms with Gasteiger partial charge in [0.2, 0.25) is 11.8 Å². The van der Waals surface area contributed by atoms with Gasteiger partial charge in [-0.3, -0.25) is 9.59 Å². The van der Waals surface area contributed by atoms with E-state index < -0.39 is 6.04 Å². The molecular formula is C29H34N2O4. The minimum absolute atomic E-state index is 0.0414. The standard InChI is InChI=1S/C29H34N2O4/c1-22(29(33)30-19-18-24-14-16-26(34-2)27(20-24)35-3)31(21-25-12-8-5-9-13-25)28(32)17-15-23-10-6-4-7-11-23/h4-14,16,20,22H,15,17-19,21H2,1-3H3,(H,30,33)/t22-/m1/s1. The highest BCUT2D eigenvalue weighted by atomic mass is 16.5. The van der Waals surface area contributed by atoms with E-state index in [2.05, 4.69) is 5.32 Å². The zero-order valence-electron chi connectivity index (χ0n) is 20.7. The highest BCUT2D eigenvalue weighted by Gasteiger charge is 2.25. The molecule has 0 aliphatic carbocycles. The molecule has 1 atom stereocenters. The lowest BCUT2D eigenvalue weighted by atomic mass is 10.1. The van der Waals surface area contributed by atoms with Crippen molar-refractivity contribution >= 4 is 11.8 Å². The molecule has 0 bridgehead atoms. The van der Waals surface area contributed by atoms with E-state index in [1.807, 2.05) is 78.9 Å². The Balaban J connectivity index is 1.62. The van der Waals surface area contributed by atoms with Crippen molar-refractivity contribution in [3.8, 4) is 11.5 Å². The zero-order chi connectivity index (χ0) is 25.0. The van der Waals surface area contributed by atoms with Crippen molar-refractivity contribution in [2.45, 2.75) is 38.8 Å². The van der Waals surface area contributed by atoms with Crippen LogP contribution >= 0.6 is 0 Å². The van der Waals surface area contributed by atoms with Crippen molar-refractivity contribution in [3.63, 3.8) is 0 Å². The van der Waals surface area contributed by atoms with Gasteiger partial charge < -0.3 is 19.7 Å². The summed E-state index contributed by atoms with van der Waals surface area (Å²) in [6, 6.07) is 24.8. The van der Waals surface area contributed by atoms with Gasteiger partial charge in [-0.15, -0.1) is 0 Å². The molecule has 0 aromatic heterocycles. The third-order valence-electron chi connectivity index (χ3n) is 5.99. The number of methoxy groups -OCH3 is 2. The maximum atomic E-state index is 13.2. The fourth-order valence-corrected chi connectivity index (χ4v) is 3.92. The highest BCUT2D eigenvalue weighted by molar-refractivity contribution is 5.87. The fourth-order valence-electron chi connectivity index (χ4n) is 3.92. The Hall–Kier alpha value is -3.80. The maximum absolute atomic E-state index is 13.2. The summed E-state index contributed by atoms with van der Waals surface area (Å²) >= 11 is 0. The Kier molecular flexibility index (Phi) is 9.72. The summed E-state index contributed by atoms with van der Waals surface area (Å²) in [7, 11) is 3.20. The van der Waals surface area contributed by atoms with Crippen LogP contribution in [-0.4, -0.2) is 43.5 Å². The molecule has 0 saturated heterocycles. The predicted molar refractivity (Wildman–Crippen MR) is 137 cm³/mol. The van der Waals surface area contributed by atoms with Crippen LogP contribution in [0.25, 0.3) is 0 Å². The first-order chi connectivity index (χ1) is 17.0. The summed E-state index contributed by atoms with van der Waals surface area (Å²) in [5, 5.41) is 2.99. The van der Waals surface area contributed by atoms with Crippen LogP contribution in [-0.2, 0) is 29.0 Å². The average molecular weight is 475 g/mol. The number of carbonyl (C=O) groups is 2. The van der Waals surface area contributed by atoms with E-state index in [1.165, 1.54) is 0 Å². The van der Waals surface area contributed by atoms with E-state index in [-0.39, 0.29) is 11.8 Å². The number of benzene rings is 3. The average Bonchev–Trinajstić information content (AvgIpc) is 2.91. The molecule has 35 heavy (non-hydrogen) atoms. The predicted octanol–water partition coefficient (Wildman–Crippen LogP) is 4.41. The lowest BCUT2D eigenvalue weighted by Gasteiger charge is -2.29. The summed E-state index contributed by atoms with van der Waals surface area (Å²) in [5.74, 6) is 1.11. The molecule has 0 radical (unpaired) electrons. The van der Waals surface area contributed by atoms with Gasteiger partial charge in [0.15, 0.2) is 11.5 Å². The molecule has 2 amide bonds. The number of rotatable bonds is 12. The molecule has 0 fully saturated rings. The molecule has 0 aliphatic rings. The van der Waals surface area contributed by atoms with Crippen molar-refractivity contribution in [2.75, 3.05) is 20.8 Å². The zero-order valence-corrected chi connectivity index (χ0v) is 20.7. The van der Waals surface area contributed by atoms with Crippen molar-refractivity contribution in [1.82, 2.24) is 10.2 Å². The minimum Gasteiger partial charge on any atom is -0.493 e. The van der Waals surface area contributed by atoms with Gasteiger partial charge in [0, 0.05) is 19.5 Å². The van der Waals surface area contributed by atoms with E-state index in [9.17, 15) is 9.59 Å². The lowest BCUT2D eigenvalue weighted by Crippen LogP contribution is -2.48. The number of amides is 2. The summed E-state index contributed by atoms with van der Waals surface area (Å²) in [6.07, 6.45) is 1.62. The monoisotopic (exact) mass is 474 g/mol. The Labute approximate surface area is 207 Å². The third kappa shape index (κ3) is 7.60. The number of hydrogen-bond donors (Lipinski definition) is 1. The van der Waals surface area contributed by atoms with Crippen LogP contribution in [0.1, 0.15) is 30.0 Å². The second-order valence-corrected chi connectivity index (χ2v) is 8.40. The molecule has 0 spiro atoms. The van der Waals surface area contributed by atoms with Gasteiger partial charge in [0.25, 0.3) is 0 Å². The minimum atomic E-state index is -0.594. The van der Waals surface area contributed by atoms with E-state index in [0.29, 0.717) is 43.9 Å². The highest BCUT2D eigenvalue weighted by Crippen LogP contribution is 2.27. The Bertz CT molecular complexity index is 1090. The van der Waals surface area contributed by atoms with Crippen LogP contribution in [0.15, 0.2) is 78.9 Å². The summed E-state index contributed by atoms with van der Waals surface area (Å²) in [4.78, 5) is 27.9. The molecule has 0 unspecified atom stereocenters. The van der Waals surface area contributed by atoms with E-state index in [0.717, 1.165) is 16.7 Å². The number of ether oxygens (including phenoxy) is 2. The molecule has 6 nitrogen and oxygen atoms in total. The van der Waals surface area contributed by atoms with Crippen LogP contribution < -0.4 is 14.8 Å². The molecule has 184 valence electrons. The first-order valence-electron chi connectivity index (χ1n) is 11.9. The molecule has 0 heterocycles. The van der Waals surface area contributed by atoms with Crippen molar-refractivity contribution in [2.24, 2.45) is 0 Å². The Morgan fingerprint density at radius 2 is 1.43 bits per heavy atom. The Morgan fingerprint density at radius 1 is 0.800 bits per heavy atom. The van der Waals surface area contributed by atoms with E-state index >= 15 is 0 Å². The number of nitrogens with zero attached hydrogens (tertiary/aromatic N) is 1. The van der Waals surface area contributed by atoms with Crippen molar-refractivity contribution < 1.29 is 19.1 Å². The van der Waals surface area contributed by atoms with Crippen molar-refractivity contribution in [3.05, 3.63) is 95.6 Å². The third-order valence-corrected chi connectivity index (χ3v) is 5.99. The molecule has 3 aromatic carbocycles. The molecule has 6 heteroatoms. The molecule has 1 N–H and O–H groups in total. The molecule has 0 aliphatic heterocycles. The normalized spacial score (nSPS) is 11.4. The second kappa shape index (κ2) is 13.2. The van der Waals surface area contributed by atoms with Gasteiger partial charge >= 0.3 is 0 Å². The topological polar surface area (TPSA) is 67.9 Å². The van der Waals surface area contributed by atoms with Crippen LogP contribution in [0.3, 0.4) is 0 Å². The van der Waals surface area contributed by atoms with Crippen molar-refractivity contribution in [1.29, 1.82) is 0 Å².